The van der Waals surface area contributed by atoms with Crippen LogP contribution in [-0.2, 0) is 13.6 Å². The smallest absolute Gasteiger partial charge is 0.239 e. The summed E-state index contributed by atoms with van der Waals surface area (Å²) in [6.07, 6.45) is 1.65. The second kappa shape index (κ2) is 5.01. The van der Waals surface area contributed by atoms with Crippen LogP contribution in [0.25, 0.3) is 0 Å². The van der Waals surface area contributed by atoms with E-state index in [1.165, 1.54) is 5.56 Å². The lowest BCUT2D eigenvalue weighted by atomic mass is 10.2. The summed E-state index contributed by atoms with van der Waals surface area (Å²) in [5, 5.41) is 7.60. The van der Waals surface area contributed by atoms with Crippen molar-refractivity contribution in [3.63, 3.8) is 0 Å². The number of aryl methyl sites for hydroxylation is 2. The minimum Gasteiger partial charge on any atom is -0.366 e. The van der Waals surface area contributed by atoms with Crippen LogP contribution in [0.3, 0.4) is 0 Å². The second-order valence-electron chi connectivity index (χ2n) is 4.04. The number of nitrogens with two attached hydrogens (primary N) is 1. The van der Waals surface area contributed by atoms with Gasteiger partial charge in [-0.2, -0.15) is 10.1 Å². The summed E-state index contributed by atoms with van der Waals surface area (Å²) in [6, 6.07) is 1.79. The number of nitrogen functional groups attached to an aromatic ring is 1. The van der Waals surface area contributed by atoms with Crippen molar-refractivity contribution >= 4 is 11.8 Å². The fraction of sp³-hybridized carbons (Fsp3) is 0.364. The van der Waals surface area contributed by atoms with Crippen LogP contribution in [0.2, 0.25) is 0 Å². The van der Waals surface area contributed by atoms with Crippen molar-refractivity contribution in [2.75, 3.05) is 10.7 Å². The molecule has 0 amide bonds. The van der Waals surface area contributed by atoms with E-state index in [1.54, 1.807) is 12.3 Å². The van der Waals surface area contributed by atoms with Gasteiger partial charge in [0, 0.05) is 31.0 Å². The Hall–Kier alpha value is -2.15. The summed E-state index contributed by atoms with van der Waals surface area (Å²) < 4.78 is 1.87. The van der Waals surface area contributed by atoms with E-state index < -0.39 is 0 Å². The van der Waals surface area contributed by atoms with Crippen molar-refractivity contribution in [1.82, 2.24) is 19.7 Å². The van der Waals surface area contributed by atoms with Gasteiger partial charge in [0.25, 0.3) is 0 Å². The predicted molar refractivity (Wildman–Crippen MR) is 69.9 cm³/mol. The molecular weight excluding hydrogens is 230 g/mol. The molecule has 0 aliphatic carbocycles. The molecule has 2 rings (SSSR count). The molecule has 0 aromatic carbocycles. The standard InChI is InChI=1S/C11H17N7/c1-7-9(8(2)18(3)17-7)6-14-10-4-5-13-11(15-10)16-12/h4-5H,6,12H2,1-3H3,(H2,13,14,15,16). The summed E-state index contributed by atoms with van der Waals surface area (Å²) in [6.45, 7) is 4.72. The molecule has 0 bridgehead atoms. The van der Waals surface area contributed by atoms with E-state index in [1.807, 2.05) is 25.6 Å². The largest absolute Gasteiger partial charge is 0.366 e. The predicted octanol–water partition coefficient (Wildman–Crippen LogP) is 0.725. The molecule has 0 aliphatic rings. The number of nitrogens with one attached hydrogen (secondary N) is 2. The second-order valence-corrected chi connectivity index (χ2v) is 4.04. The Morgan fingerprint density at radius 1 is 1.39 bits per heavy atom. The van der Waals surface area contributed by atoms with Crippen molar-refractivity contribution in [3.8, 4) is 0 Å². The Morgan fingerprint density at radius 3 is 2.78 bits per heavy atom. The highest BCUT2D eigenvalue weighted by atomic mass is 15.3. The Labute approximate surface area is 105 Å². The third-order valence-electron chi connectivity index (χ3n) is 2.89. The summed E-state index contributed by atoms with van der Waals surface area (Å²) in [4.78, 5) is 8.14. The first-order valence-corrected chi connectivity index (χ1v) is 5.64. The fourth-order valence-corrected chi connectivity index (χ4v) is 1.78. The first-order valence-electron chi connectivity index (χ1n) is 5.64. The summed E-state index contributed by atoms with van der Waals surface area (Å²) in [7, 11) is 1.94. The van der Waals surface area contributed by atoms with Gasteiger partial charge in [0.2, 0.25) is 5.95 Å². The number of hydrogen-bond acceptors (Lipinski definition) is 6. The van der Waals surface area contributed by atoms with E-state index in [9.17, 15) is 0 Å². The van der Waals surface area contributed by atoms with Gasteiger partial charge in [-0.15, -0.1) is 0 Å². The molecule has 0 fully saturated rings. The Bertz CT molecular complexity index is 546. The SMILES string of the molecule is Cc1nn(C)c(C)c1CNc1ccnc(NN)n1. The van der Waals surface area contributed by atoms with Crippen molar-refractivity contribution < 1.29 is 0 Å². The number of hydrazine groups is 1. The number of anilines is 2. The van der Waals surface area contributed by atoms with Crippen LogP contribution in [-0.4, -0.2) is 19.7 Å². The number of rotatable bonds is 4. The molecule has 0 spiro atoms. The third-order valence-corrected chi connectivity index (χ3v) is 2.89. The lowest BCUT2D eigenvalue weighted by molar-refractivity contribution is 0.730. The molecule has 4 N–H and O–H groups in total. The van der Waals surface area contributed by atoms with Crippen LogP contribution in [0.1, 0.15) is 17.0 Å². The van der Waals surface area contributed by atoms with Crippen molar-refractivity contribution in [2.45, 2.75) is 20.4 Å². The van der Waals surface area contributed by atoms with Gasteiger partial charge in [-0.1, -0.05) is 0 Å². The highest BCUT2D eigenvalue weighted by Gasteiger charge is 2.09. The zero-order chi connectivity index (χ0) is 13.1. The Balaban J connectivity index is 2.11. The summed E-state index contributed by atoms with van der Waals surface area (Å²) in [5.74, 6) is 6.37. The zero-order valence-electron chi connectivity index (χ0n) is 10.7. The Morgan fingerprint density at radius 2 is 2.17 bits per heavy atom. The molecular formula is C11H17N7. The number of aromatic nitrogens is 4. The average molecular weight is 247 g/mol. The van der Waals surface area contributed by atoms with E-state index >= 15 is 0 Å². The molecule has 0 saturated carbocycles. The lowest BCUT2D eigenvalue weighted by Crippen LogP contribution is -2.11. The van der Waals surface area contributed by atoms with E-state index in [0.29, 0.717) is 12.5 Å². The van der Waals surface area contributed by atoms with Gasteiger partial charge in [0.05, 0.1) is 5.69 Å². The van der Waals surface area contributed by atoms with Crippen LogP contribution in [0.15, 0.2) is 12.3 Å². The molecule has 7 nitrogen and oxygen atoms in total. The molecule has 96 valence electrons. The molecule has 0 unspecified atom stereocenters. The van der Waals surface area contributed by atoms with Crippen LogP contribution >= 0.6 is 0 Å². The first kappa shape index (κ1) is 12.3. The fourth-order valence-electron chi connectivity index (χ4n) is 1.78. The van der Waals surface area contributed by atoms with E-state index in [4.69, 9.17) is 5.84 Å². The molecule has 0 atom stereocenters. The molecule has 0 aliphatic heterocycles. The number of hydrogen-bond donors (Lipinski definition) is 3. The van der Waals surface area contributed by atoms with Gasteiger partial charge >= 0.3 is 0 Å². The third kappa shape index (κ3) is 2.40. The maximum atomic E-state index is 5.26. The van der Waals surface area contributed by atoms with E-state index in [0.717, 1.165) is 17.2 Å². The monoisotopic (exact) mass is 247 g/mol. The van der Waals surface area contributed by atoms with Gasteiger partial charge in [0.15, 0.2) is 0 Å². The highest BCUT2D eigenvalue weighted by molar-refractivity contribution is 5.40. The summed E-state index contributed by atoms with van der Waals surface area (Å²) in [5.41, 5.74) is 5.76. The van der Waals surface area contributed by atoms with Gasteiger partial charge < -0.3 is 5.32 Å². The van der Waals surface area contributed by atoms with Crippen molar-refractivity contribution in [2.24, 2.45) is 12.9 Å². The zero-order valence-corrected chi connectivity index (χ0v) is 10.7. The van der Waals surface area contributed by atoms with Gasteiger partial charge in [0.1, 0.15) is 5.82 Å². The van der Waals surface area contributed by atoms with Crippen LogP contribution in [0, 0.1) is 13.8 Å². The van der Waals surface area contributed by atoms with E-state index in [-0.39, 0.29) is 0 Å². The van der Waals surface area contributed by atoms with Gasteiger partial charge in [-0.3, -0.25) is 10.1 Å². The maximum Gasteiger partial charge on any atom is 0.239 e. The average Bonchev–Trinajstić information content (AvgIpc) is 2.61. The molecule has 7 heteroatoms. The first-order chi connectivity index (χ1) is 8.61. The van der Waals surface area contributed by atoms with Crippen LogP contribution in [0.4, 0.5) is 11.8 Å². The van der Waals surface area contributed by atoms with Crippen LogP contribution < -0.4 is 16.6 Å². The normalized spacial score (nSPS) is 10.4. The van der Waals surface area contributed by atoms with Crippen molar-refractivity contribution in [3.05, 3.63) is 29.2 Å². The topological polar surface area (TPSA) is 93.7 Å². The Kier molecular flexibility index (Phi) is 3.42. The minimum absolute atomic E-state index is 0.389. The van der Waals surface area contributed by atoms with Gasteiger partial charge in [-0.25, -0.2) is 10.8 Å². The van der Waals surface area contributed by atoms with Gasteiger partial charge in [-0.05, 0) is 19.9 Å². The quantitative estimate of drug-likeness (QED) is 0.544. The highest BCUT2D eigenvalue weighted by Crippen LogP contribution is 2.14. The molecule has 0 saturated heterocycles. The number of nitrogens with zero attached hydrogens (tertiary/aromatic N) is 4. The molecule has 2 aromatic heterocycles. The molecule has 2 aromatic rings. The van der Waals surface area contributed by atoms with Crippen LogP contribution in [0.5, 0.6) is 0 Å². The minimum atomic E-state index is 0.389. The molecule has 18 heavy (non-hydrogen) atoms. The molecule has 0 radical (unpaired) electrons. The summed E-state index contributed by atoms with van der Waals surface area (Å²) >= 11 is 0. The van der Waals surface area contributed by atoms with Crippen molar-refractivity contribution in [1.29, 1.82) is 0 Å². The molecule has 2 heterocycles. The maximum absolute atomic E-state index is 5.26. The lowest BCUT2D eigenvalue weighted by Gasteiger charge is -2.07. The van der Waals surface area contributed by atoms with E-state index in [2.05, 4.69) is 25.8 Å².